The monoisotopic (exact) mass is 245 g/mol. The van der Waals surface area contributed by atoms with Crippen molar-refractivity contribution < 1.29 is 4.79 Å². The van der Waals surface area contributed by atoms with Crippen molar-refractivity contribution in [2.75, 3.05) is 6.54 Å². The average Bonchev–Trinajstić information content (AvgIpc) is 2.15. The Morgan fingerprint density at radius 1 is 1.69 bits per heavy atom. The van der Waals surface area contributed by atoms with Gasteiger partial charge < -0.3 is 5.32 Å². The number of rotatable bonds is 3. The summed E-state index contributed by atoms with van der Waals surface area (Å²) < 4.78 is 0. The van der Waals surface area contributed by atoms with Gasteiger partial charge >= 0.3 is 0 Å². The van der Waals surface area contributed by atoms with Gasteiger partial charge in [0, 0.05) is 6.54 Å². The molecule has 0 aromatic heterocycles. The maximum absolute atomic E-state index is 11.2. The maximum Gasteiger partial charge on any atom is 0.233 e. The first-order valence-corrected chi connectivity index (χ1v) is 5.68. The molecular formula is C10H16BrNO. The summed E-state index contributed by atoms with van der Waals surface area (Å²) in [6.07, 6.45) is 7.89. The number of halogens is 1. The zero-order valence-corrected chi connectivity index (χ0v) is 9.51. The van der Waals surface area contributed by atoms with Gasteiger partial charge in [0.15, 0.2) is 0 Å². The van der Waals surface area contributed by atoms with E-state index >= 15 is 0 Å². The summed E-state index contributed by atoms with van der Waals surface area (Å²) in [6.45, 7) is 2.66. The van der Waals surface area contributed by atoms with E-state index in [1.54, 1.807) is 0 Å². The molecule has 0 aliphatic heterocycles. The van der Waals surface area contributed by atoms with Gasteiger partial charge in [-0.05, 0) is 32.1 Å². The van der Waals surface area contributed by atoms with Crippen molar-refractivity contribution in [3.8, 4) is 0 Å². The van der Waals surface area contributed by atoms with Gasteiger partial charge in [0.05, 0.1) is 4.83 Å². The van der Waals surface area contributed by atoms with Crippen LogP contribution in [0.25, 0.3) is 0 Å². The predicted octanol–water partition coefficient (Wildman–Crippen LogP) is 2.24. The molecule has 0 heterocycles. The highest BCUT2D eigenvalue weighted by atomic mass is 79.9. The molecule has 0 bridgehead atoms. The van der Waals surface area contributed by atoms with Gasteiger partial charge in [0.2, 0.25) is 5.91 Å². The molecule has 0 spiro atoms. The Morgan fingerprint density at radius 3 is 3.00 bits per heavy atom. The topological polar surface area (TPSA) is 29.1 Å². The van der Waals surface area contributed by atoms with Crippen LogP contribution >= 0.6 is 15.9 Å². The molecule has 0 radical (unpaired) electrons. The zero-order chi connectivity index (χ0) is 9.68. The fraction of sp³-hybridized carbons (Fsp3) is 0.700. The maximum atomic E-state index is 11.2. The second-order valence-corrected chi connectivity index (χ2v) is 4.89. The highest BCUT2D eigenvalue weighted by Crippen LogP contribution is 2.16. The summed E-state index contributed by atoms with van der Waals surface area (Å²) in [4.78, 5) is 11.1. The van der Waals surface area contributed by atoms with Crippen molar-refractivity contribution in [3.05, 3.63) is 12.2 Å². The molecule has 2 atom stereocenters. The van der Waals surface area contributed by atoms with Crippen LogP contribution in [0.2, 0.25) is 0 Å². The smallest absolute Gasteiger partial charge is 0.233 e. The molecule has 3 heteroatoms. The summed E-state index contributed by atoms with van der Waals surface area (Å²) in [5.74, 6) is 0.731. The van der Waals surface area contributed by atoms with Gasteiger partial charge in [0.25, 0.3) is 0 Å². The average molecular weight is 246 g/mol. The quantitative estimate of drug-likeness (QED) is 0.600. The van der Waals surface area contributed by atoms with Crippen LogP contribution < -0.4 is 5.32 Å². The van der Waals surface area contributed by atoms with Crippen molar-refractivity contribution in [2.24, 2.45) is 5.92 Å². The largest absolute Gasteiger partial charge is 0.355 e. The lowest BCUT2D eigenvalue weighted by Crippen LogP contribution is -2.33. The van der Waals surface area contributed by atoms with Gasteiger partial charge in [-0.3, -0.25) is 4.79 Å². The molecule has 1 rings (SSSR count). The first-order chi connectivity index (χ1) is 6.20. The summed E-state index contributed by atoms with van der Waals surface area (Å²) in [6, 6.07) is 0. The highest BCUT2D eigenvalue weighted by molar-refractivity contribution is 9.10. The molecule has 2 unspecified atom stereocenters. The van der Waals surface area contributed by atoms with Crippen LogP contribution in [0, 0.1) is 5.92 Å². The van der Waals surface area contributed by atoms with Crippen LogP contribution in [0.5, 0.6) is 0 Å². The number of alkyl halides is 1. The third-order valence-corrected chi connectivity index (χ3v) is 2.72. The lowest BCUT2D eigenvalue weighted by atomic mass is 9.94. The molecule has 1 aliphatic rings. The lowest BCUT2D eigenvalue weighted by molar-refractivity contribution is -0.120. The number of allylic oxidation sites excluding steroid dienone is 2. The number of hydrogen-bond donors (Lipinski definition) is 1. The minimum absolute atomic E-state index is 0.0772. The van der Waals surface area contributed by atoms with E-state index in [9.17, 15) is 4.79 Å². The summed E-state index contributed by atoms with van der Waals surface area (Å²) in [5.41, 5.74) is 0. The van der Waals surface area contributed by atoms with Gasteiger partial charge in [-0.25, -0.2) is 0 Å². The van der Waals surface area contributed by atoms with Gasteiger partial charge in [-0.15, -0.1) is 0 Å². The third-order valence-electron chi connectivity index (χ3n) is 2.30. The zero-order valence-electron chi connectivity index (χ0n) is 7.92. The van der Waals surface area contributed by atoms with E-state index in [1.807, 2.05) is 6.92 Å². The van der Waals surface area contributed by atoms with Crippen LogP contribution in [0.4, 0.5) is 0 Å². The number of hydrogen-bond acceptors (Lipinski definition) is 1. The predicted molar refractivity (Wildman–Crippen MR) is 57.9 cm³/mol. The Bertz CT molecular complexity index is 201. The van der Waals surface area contributed by atoms with Gasteiger partial charge in [-0.2, -0.15) is 0 Å². The number of nitrogens with one attached hydrogen (secondary N) is 1. The normalized spacial score (nSPS) is 24.0. The third kappa shape index (κ3) is 3.94. The highest BCUT2D eigenvalue weighted by Gasteiger charge is 2.13. The van der Waals surface area contributed by atoms with Crippen LogP contribution in [0.3, 0.4) is 0 Å². The van der Waals surface area contributed by atoms with E-state index < -0.39 is 0 Å². The van der Waals surface area contributed by atoms with E-state index in [2.05, 4.69) is 33.4 Å². The second kappa shape index (κ2) is 5.43. The van der Waals surface area contributed by atoms with Crippen molar-refractivity contribution in [1.82, 2.24) is 5.32 Å². The van der Waals surface area contributed by atoms with Crippen LogP contribution in [0.1, 0.15) is 26.2 Å². The SMILES string of the molecule is CC(Br)C(=O)NCC1CC=CCC1. The number of carbonyl (C=O) groups excluding carboxylic acids is 1. The first kappa shape index (κ1) is 10.8. The van der Waals surface area contributed by atoms with Crippen LogP contribution in [-0.4, -0.2) is 17.3 Å². The van der Waals surface area contributed by atoms with Crippen LogP contribution in [-0.2, 0) is 4.79 Å². The Balaban J connectivity index is 2.18. The molecule has 1 aliphatic carbocycles. The van der Waals surface area contributed by atoms with E-state index in [4.69, 9.17) is 0 Å². The Labute approximate surface area is 87.9 Å². The van der Waals surface area contributed by atoms with E-state index in [1.165, 1.54) is 6.42 Å². The Hall–Kier alpha value is -0.310. The van der Waals surface area contributed by atoms with E-state index in [0.29, 0.717) is 5.92 Å². The molecule has 74 valence electrons. The van der Waals surface area contributed by atoms with Crippen molar-refractivity contribution in [3.63, 3.8) is 0 Å². The minimum atomic E-state index is -0.0772. The van der Waals surface area contributed by atoms with Crippen molar-refractivity contribution in [1.29, 1.82) is 0 Å². The standard InChI is InChI=1S/C10H16BrNO/c1-8(11)10(13)12-7-9-5-3-2-4-6-9/h2-3,8-9H,4-7H2,1H3,(H,12,13). The van der Waals surface area contributed by atoms with Crippen LogP contribution in [0.15, 0.2) is 12.2 Å². The first-order valence-electron chi connectivity index (χ1n) is 4.77. The molecule has 1 amide bonds. The van der Waals surface area contributed by atoms with E-state index in [-0.39, 0.29) is 10.7 Å². The molecule has 0 aromatic rings. The Morgan fingerprint density at radius 2 is 2.46 bits per heavy atom. The minimum Gasteiger partial charge on any atom is -0.355 e. The Kier molecular flexibility index (Phi) is 4.50. The van der Waals surface area contributed by atoms with Crippen molar-refractivity contribution >= 4 is 21.8 Å². The molecule has 0 fully saturated rings. The molecule has 2 nitrogen and oxygen atoms in total. The molecule has 0 aromatic carbocycles. The second-order valence-electron chi connectivity index (χ2n) is 3.51. The fourth-order valence-electron chi connectivity index (χ4n) is 1.43. The summed E-state index contributed by atoms with van der Waals surface area (Å²) in [5, 5.41) is 2.93. The molecule has 13 heavy (non-hydrogen) atoms. The summed E-state index contributed by atoms with van der Waals surface area (Å²) >= 11 is 3.24. The lowest BCUT2D eigenvalue weighted by Gasteiger charge is -2.18. The number of carbonyl (C=O) groups is 1. The van der Waals surface area contributed by atoms with Gasteiger partial charge in [-0.1, -0.05) is 28.1 Å². The number of amides is 1. The fourth-order valence-corrected chi connectivity index (χ4v) is 1.59. The molecule has 1 N–H and O–H groups in total. The van der Waals surface area contributed by atoms with E-state index in [0.717, 1.165) is 19.4 Å². The summed E-state index contributed by atoms with van der Waals surface area (Å²) in [7, 11) is 0. The molecule has 0 saturated carbocycles. The van der Waals surface area contributed by atoms with Crippen molar-refractivity contribution in [2.45, 2.75) is 31.0 Å². The van der Waals surface area contributed by atoms with Gasteiger partial charge in [0.1, 0.15) is 0 Å². The molecular weight excluding hydrogens is 230 g/mol. The molecule has 0 saturated heterocycles.